The molecule has 5 heterocycles. The molecule has 4 aromatic rings. The van der Waals surface area contributed by atoms with Crippen molar-refractivity contribution < 1.29 is 19.4 Å². The summed E-state index contributed by atoms with van der Waals surface area (Å²) in [5.41, 5.74) is 5.53. The number of rotatable bonds is 9. The molecule has 0 saturated carbocycles. The van der Waals surface area contributed by atoms with E-state index < -0.39 is 0 Å². The number of nitrogens with zero attached hydrogens (tertiary/aromatic N) is 6. The first kappa shape index (κ1) is 29.0. The summed E-state index contributed by atoms with van der Waals surface area (Å²) in [5.74, 6) is 1.78. The molecule has 1 fully saturated rings. The van der Waals surface area contributed by atoms with Crippen LogP contribution in [0.25, 0.3) is 22.2 Å². The molecule has 1 aliphatic rings. The highest BCUT2D eigenvalue weighted by atomic mass is 16.5. The number of aryl methyl sites for hydroxylation is 3. The number of aliphatic hydroxyl groups excluding tert-OH is 1. The third-order valence-electron chi connectivity index (χ3n) is 7.63. The molecule has 0 aliphatic carbocycles. The van der Waals surface area contributed by atoms with Crippen LogP contribution in [0.3, 0.4) is 0 Å². The maximum atomic E-state index is 13.4. The van der Waals surface area contributed by atoms with Crippen LogP contribution in [-0.4, -0.2) is 95.3 Å². The molecule has 0 aromatic carbocycles. The van der Waals surface area contributed by atoms with Crippen molar-refractivity contribution in [3.8, 4) is 17.0 Å². The fourth-order valence-electron chi connectivity index (χ4n) is 5.43. The van der Waals surface area contributed by atoms with Crippen molar-refractivity contribution in [2.75, 3.05) is 63.8 Å². The lowest BCUT2D eigenvalue weighted by Gasteiger charge is -2.29. The number of methoxy groups -OCH3 is 1. The van der Waals surface area contributed by atoms with E-state index in [1.54, 1.807) is 32.6 Å². The van der Waals surface area contributed by atoms with Crippen LogP contribution in [0.2, 0.25) is 0 Å². The van der Waals surface area contributed by atoms with Gasteiger partial charge in [0, 0.05) is 75.0 Å². The second-order valence-electron chi connectivity index (χ2n) is 10.2. The SMILES string of the molecule is COc1ccncc1-c1cc(Nc2cc3c(c(N4CCOCC4)n2)c(C)c(C(=O)N(C)CCO)n3C)c(C=N)c(C)n1. The number of likely N-dealkylation sites (N-methyl/N-ethyl adjacent to an activating group) is 1. The van der Waals surface area contributed by atoms with Gasteiger partial charge in [0.05, 0.1) is 49.4 Å². The summed E-state index contributed by atoms with van der Waals surface area (Å²) < 4.78 is 13.0. The Morgan fingerprint density at radius 2 is 2.02 bits per heavy atom. The molecule has 0 unspecified atom stereocenters. The van der Waals surface area contributed by atoms with Crippen LogP contribution in [0.15, 0.2) is 30.6 Å². The smallest absolute Gasteiger partial charge is 0.270 e. The van der Waals surface area contributed by atoms with E-state index in [1.807, 2.05) is 37.6 Å². The number of fused-ring (bicyclic) bond motifs is 1. The van der Waals surface area contributed by atoms with Gasteiger partial charge >= 0.3 is 0 Å². The molecular weight excluding hydrogens is 536 g/mol. The summed E-state index contributed by atoms with van der Waals surface area (Å²) >= 11 is 0. The third kappa shape index (κ3) is 5.26. The van der Waals surface area contributed by atoms with Crippen molar-refractivity contribution in [2.45, 2.75) is 13.8 Å². The zero-order chi connectivity index (χ0) is 30.0. The van der Waals surface area contributed by atoms with Crippen LogP contribution >= 0.6 is 0 Å². The number of morpholine rings is 1. The van der Waals surface area contributed by atoms with Crippen LogP contribution in [0, 0.1) is 19.3 Å². The number of carbonyl (C=O) groups excluding carboxylic acids is 1. The average Bonchev–Trinajstić information content (AvgIpc) is 3.25. The molecule has 3 N–H and O–H groups in total. The topological polar surface area (TPSA) is 142 Å². The fraction of sp³-hybridized carbons (Fsp3) is 0.367. The van der Waals surface area contributed by atoms with E-state index >= 15 is 0 Å². The highest BCUT2D eigenvalue weighted by molar-refractivity contribution is 6.06. The first-order valence-electron chi connectivity index (χ1n) is 13.8. The molecule has 1 aliphatic heterocycles. The van der Waals surface area contributed by atoms with E-state index in [4.69, 9.17) is 24.9 Å². The molecule has 220 valence electrons. The van der Waals surface area contributed by atoms with E-state index in [1.165, 1.54) is 11.1 Å². The lowest BCUT2D eigenvalue weighted by molar-refractivity contribution is 0.0757. The second-order valence-corrected chi connectivity index (χ2v) is 10.2. The molecule has 0 bridgehead atoms. The minimum Gasteiger partial charge on any atom is -0.496 e. The highest BCUT2D eigenvalue weighted by Crippen LogP contribution is 2.37. The number of hydrogen-bond acceptors (Lipinski definition) is 10. The molecular formula is C30H36N8O4. The summed E-state index contributed by atoms with van der Waals surface area (Å²) in [4.78, 5) is 31.2. The molecule has 0 radical (unpaired) electrons. The Morgan fingerprint density at radius 3 is 2.71 bits per heavy atom. The van der Waals surface area contributed by atoms with Gasteiger partial charge < -0.3 is 39.7 Å². The predicted octanol–water partition coefficient (Wildman–Crippen LogP) is 3.30. The predicted molar refractivity (Wildman–Crippen MR) is 162 cm³/mol. The monoisotopic (exact) mass is 572 g/mol. The number of aromatic nitrogens is 4. The summed E-state index contributed by atoms with van der Waals surface area (Å²) in [6.07, 6.45) is 4.64. The van der Waals surface area contributed by atoms with Crippen molar-refractivity contribution in [3.05, 3.63) is 53.1 Å². The number of amides is 1. The number of hydrogen-bond donors (Lipinski definition) is 3. The van der Waals surface area contributed by atoms with Gasteiger partial charge in [-0.05, 0) is 31.5 Å². The summed E-state index contributed by atoms with van der Waals surface area (Å²) in [7, 11) is 5.16. The number of carbonyl (C=O) groups is 1. The Bertz CT molecular complexity index is 1640. The van der Waals surface area contributed by atoms with E-state index in [9.17, 15) is 9.90 Å². The van der Waals surface area contributed by atoms with Gasteiger partial charge in [0.1, 0.15) is 23.1 Å². The second kappa shape index (κ2) is 12.1. The molecule has 12 heteroatoms. The van der Waals surface area contributed by atoms with E-state index in [0.29, 0.717) is 66.2 Å². The molecule has 1 saturated heterocycles. The zero-order valence-electron chi connectivity index (χ0n) is 24.6. The van der Waals surface area contributed by atoms with Gasteiger partial charge in [0.2, 0.25) is 0 Å². The summed E-state index contributed by atoms with van der Waals surface area (Å²) in [6.45, 7) is 6.40. The lowest BCUT2D eigenvalue weighted by atomic mass is 10.1. The van der Waals surface area contributed by atoms with Crippen molar-refractivity contribution in [3.63, 3.8) is 0 Å². The Morgan fingerprint density at radius 1 is 1.26 bits per heavy atom. The highest BCUT2D eigenvalue weighted by Gasteiger charge is 2.27. The minimum atomic E-state index is -0.173. The lowest BCUT2D eigenvalue weighted by Crippen LogP contribution is -2.37. The fourth-order valence-corrected chi connectivity index (χ4v) is 5.43. The van der Waals surface area contributed by atoms with Crippen LogP contribution in [-0.2, 0) is 11.8 Å². The number of anilines is 3. The van der Waals surface area contributed by atoms with Gasteiger partial charge in [-0.15, -0.1) is 0 Å². The quantitative estimate of drug-likeness (QED) is 0.258. The van der Waals surface area contributed by atoms with Crippen LogP contribution in [0.5, 0.6) is 5.75 Å². The van der Waals surface area contributed by atoms with Gasteiger partial charge in [0.15, 0.2) is 0 Å². The molecule has 0 atom stereocenters. The normalized spacial score (nSPS) is 13.3. The van der Waals surface area contributed by atoms with E-state index in [0.717, 1.165) is 27.8 Å². The standard InChI is InChI=1S/C30H36N8O4/c1-18-27-24(37(4)28(18)30(40)36(3)8-11-39)15-26(35-29(27)38-9-12-42-13-10-38)34-22-14-23(33-19(2)20(22)16-31)21-17-32-7-6-25(21)41-5/h6-7,14-17,31,39H,8-13H2,1-5H3,(H,33,34,35). The van der Waals surface area contributed by atoms with Crippen molar-refractivity contribution in [1.29, 1.82) is 5.41 Å². The van der Waals surface area contributed by atoms with Gasteiger partial charge in [-0.1, -0.05) is 0 Å². The van der Waals surface area contributed by atoms with Crippen LogP contribution in [0.1, 0.15) is 27.3 Å². The Hall–Kier alpha value is -4.55. The van der Waals surface area contributed by atoms with Crippen LogP contribution < -0.4 is 15.0 Å². The number of nitrogens with one attached hydrogen (secondary N) is 2. The maximum Gasteiger partial charge on any atom is 0.270 e. The Balaban J connectivity index is 1.67. The van der Waals surface area contributed by atoms with E-state index in [-0.39, 0.29) is 19.1 Å². The molecule has 5 rings (SSSR count). The van der Waals surface area contributed by atoms with Crippen molar-refractivity contribution >= 4 is 40.3 Å². The molecule has 12 nitrogen and oxygen atoms in total. The van der Waals surface area contributed by atoms with Crippen LogP contribution in [0.4, 0.5) is 17.3 Å². The number of aliphatic hydroxyl groups is 1. The van der Waals surface area contributed by atoms with Crippen molar-refractivity contribution in [1.82, 2.24) is 24.4 Å². The first-order valence-corrected chi connectivity index (χ1v) is 13.8. The third-order valence-corrected chi connectivity index (χ3v) is 7.63. The largest absolute Gasteiger partial charge is 0.496 e. The number of ether oxygens (including phenoxy) is 2. The zero-order valence-corrected chi connectivity index (χ0v) is 24.6. The van der Waals surface area contributed by atoms with E-state index in [2.05, 4.69) is 15.2 Å². The molecule has 4 aromatic heterocycles. The summed E-state index contributed by atoms with van der Waals surface area (Å²) in [6, 6.07) is 5.56. The van der Waals surface area contributed by atoms with Crippen molar-refractivity contribution in [2.24, 2.45) is 7.05 Å². The molecule has 1 amide bonds. The van der Waals surface area contributed by atoms with Gasteiger partial charge in [-0.2, -0.15) is 0 Å². The minimum absolute atomic E-state index is 0.118. The Kier molecular flexibility index (Phi) is 8.36. The first-order chi connectivity index (χ1) is 20.3. The average molecular weight is 573 g/mol. The van der Waals surface area contributed by atoms with Gasteiger partial charge in [-0.3, -0.25) is 14.8 Å². The number of pyridine rings is 3. The summed E-state index contributed by atoms with van der Waals surface area (Å²) in [5, 5.41) is 21.9. The Labute approximate surface area is 244 Å². The molecule has 42 heavy (non-hydrogen) atoms. The molecule has 0 spiro atoms. The van der Waals surface area contributed by atoms with Gasteiger partial charge in [-0.25, -0.2) is 4.98 Å². The van der Waals surface area contributed by atoms with Gasteiger partial charge in [0.25, 0.3) is 5.91 Å². The maximum absolute atomic E-state index is 13.4.